The maximum atomic E-state index is 12.4. The Morgan fingerprint density at radius 1 is 1.13 bits per heavy atom. The van der Waals surface area contributed by atoms with Crippen LogP contribution in [-0.4, -0.2) is 40.9 Å². The van der Waals surface area contributed by atoms with Gasteiger partial charge in [-0.3, -0.25) is 34.2 Å². The first-order valence-corrected chi connectivity index (χ1v) is 9.80. The molecule has 3 N–H and O–H groups in total. The molecule has 0 saturated carbocycles. The van der Waals surface area contributed by atoms with Gasteiger partial charge in [-0.1, -0.05) is 15.9 Å². The van der Waals surface area contributed by atoms with Gasteiger partial charge in [0, 0.05) is 17.4 Å². The first-order chi connectivity index (χ1) is 14.1. The molecule has 0 atom stereocenters. The fourth-order valence-corrected chi connectivity index (χ4v) is 3.71. The molecule has 1 aromatic heterocycles. The number of hydrogen-bond acceptors (Lipinski definition) is 6. The number of furan rings is 1. The normalized spacial score (nSPS) is 12.8. The number of ketones is 1. The first-order valence-electron chi connectivity index (χ1n) is 9.01. The number of rotatable bonds is 7. The van der Waals surface area contributed by atoms with Gasteiger partial charge >= 0.3 is 0 Å². The summed E-state index contributed by atoms with van der Waals surface area (Å²) >= 11 is 3.27. The van der Waals surface area contributed by atoms with Crippen LogP contribution in [0, 0.1) is 6.92 Å². The first kappa shape index (κ1) is 21.4. The molecule has 0 radical (unpaired) electrons. The van der Waals surface area contributed by atoms with Crippen molar-refractivity contribution >= 4 is 51.2 Å². The van der Waals surface area contributed by atoms with Crippen molar-refractivity contribution in [3.05, 3.63) is 50.7 Å². The van der Waals surface area contributed by atoms with Crippen LogP contribution in [0.4, 0.5) is 5.88 Å². The third-order valence-corrected chi connectivity index (χ3v) is 5.15. The summed E-state index contributed by atoms with van der Waals surface area (Å²) in [5.41, 5.74) is 5.80. The number of hydrogen-bond donors (Lipinski definition) is 2. The second-order valence-corrected chi connectivity index (χ2v) is 7.68. The fourth-order valence-electron chi connectivity index (χ4n) is 3.34. The lowest BCUT2D eigenvalue weighted by molar-refractivity contribution is -0.116. The maximum absolute atomic E-state index is 12.4. The molecule has 0 saturated heterocycles. The smallest absolute Gasteiger partial charge is 0.261 e. The van der Waals surface area contributed by atoms with Gasteiger partial charge in [-0.25, -0.2) is 0 Å². The predicted octanol–water partition coefficient (Wildman–Crippen LogP) is 2.67. The molecule has 0 unspecified atom stereocenters. The highest BCUT2D eigenvalue weighted by Gasteiger charge is 2.35. The summed E-state index contributed by atoms with van der Waals surface area (Å²) in [5, 5.41) is 2.43. The summed E-state index contributed by atoms with van der Waals surface area (Å²) in [6.45, 7) is 2.80. The minimum atomic E-state index is -0.899. The third-order valence-electron chi connectivity index (χ3n) is 4.65. The van der Waals surface area contributed by atoms with Crippen molar-refractivity contribution in [2.45, 2.75) is 26.7 Å². The van der Waals surface area contributed by atoms with Crippen molar-refractivity contribution in [2.24, 2.45) is 5.73 Å². The lowest BCUT2D eigenvalue weighted by Crippen LogP contribution is -2.31. The Labute approximate surface area is 179 Å². The molecule has 4 amide bonds. The summed E-state index contributed by atoms with van der Waals surface area (Å²) in [6, 6.07) is 4.83. The zero-order chi connectivity index (χ0) is 22.2. The average molecular weight is 476 g/mol. The molecule has 2 heterocycles. The zero-order valence-corrected chi connectivity index (χ0v) is 17.8. The lowest BCUT2D eigenvalue weighted by Gasteiger charge is -2.13. The topological polar surface area (TPSA) is 140 Å². The van der Waals surface area contributed by atoms with E-state index in [4.69, 9.17) is 10.2 Å². The molecule has 1 aliphatic rings. The number of aryl methyl sites for hydroxylation is 1. The van der Waals surface area contributed by atoms with E-state index in [0.717, 1.165) is 4.90 Å². The predicted molar refractivity (Wildman–Crippen MR) is 109 cm³/mol. The number of nitrogens with zero attached hydrogens (tertiary/aromatic N) is 1. The number of nitrogens with two attached hydrogens (primary N) is 1. The second kappa shape index (κ2) is 8.23. The van der Waals surface area contributed by atoms with Crippen LogP contribution in [0.1, 0.15) is 67.0 Å². The van der Waals surface area contributed by atoms with E-state index in [1.54, 1.807) is 18.2 Å². The number of amides is 4. The molecular weight excluding hydrogens is 458 g/mol. The van der Waals surface area contributed by atoms with E-state index >= 15 is 0 Å². The van der Waals surface area contributed by atoms with Gasteiger partial charge in [-0.15, -0.1) is 0 Å². The van der Waals surface area contributed by atoms with Gasteiger partial charge in [0.15, 0.2) is 5.78 Å². The molecule has 0 bridgehead atoms. The molecule has 0 aliphatic carbocycles. The Morgan fingerprint density at radius 2 is 1.80 bits per heavy atom. The number of fused-ring (bicyclic) bond motifs is 1. The Balaban J connectivity index is 1.64. The molecule has 1 aliphatic heterocycles. The minimum absolute atomic E-state index is 0.0231. The summed E-state index contributed by atoms with van der Waals surface area (Å²) in [4.78, 5) is 61.6. The Hall–Kier alpha value is -3.27. The number of imide groups is 1. The fraction of sp³-hybridized carbons (Fsp3) is 0.250. The van der Waals surface area contributed by atoms with E-state index in [2.05, 4.69) is 21.2 Å². The standard InChI is InChI=1S/C20H18BrN3O6/c1-9(25)15-10(2)30-18(16(15)17(22)27)23-14(26)4-3-7-24-19(28)12-6-5-11(21)8-13(12)20(24)29/h5-6,8H,3-4,7H2,1-2H3,(H2,22,27)(H,23,26). The number of Topliss-reactive ketones (excluding diaryl/α,β-unsaturated/α-hetero) is 1. The van der Waals surface area contributed by atoms with Crippen LogP contribution in [0.3, 0.4) is 0 Å². The Morgan fingerprint density at radius 3 is 2.43 bits per heavy atom. The molecule has 2 aromatic rings. The molecule has 0 spiro atoms. The number of primary amides is 1. The second-order valence-electron chi connectivity index (χ2n) is 6.76. The van der Waals surface area contributed by atoms with Gasteiger partial charge in [0.2, 0.25) is 11.8 Å². The van der Waals surface area contributed by atoms with E-state index in [1.165, 1.54) is 13.8 Å². The quantitative estimate of drug-likeness (QED) is 0.465. The van der Waals surface area contributed by atoms with Crippen LogP contribution in [0.2, 0.25) is 0 Å². The van der Waals surface area contributed by atoms with E-state index < -0.39 is 29.4 Å². The van der Waals surface area contributed by atoms with Gasteiger partial charge in [0.25, 0.3) is 17.7 Å². The van der Waals surface area contributed by atoms with Crippen molar-refractivity contribution in [3.63, 3.8) is 0 Å². The third kappa shape index (κ3) is 3.90. The monoisotopic (exact) mass is 475 g/mol. The number of anilines is 1. The van der Waals surface area contributed by atoms with Crippen LogP contribution in [-0.2, 0) is 4.79 Å². The molecular formula is C20H18BrN3O6. The van der Waals surface area contributed by atoms with Crippen LogP contribution in [0.5, 0.6) is 0 Å². The van der Waals surface area contributed by atoms with Crippen molar-refractivity contribution < 1.29 is 28.4 Å². The highest BCUT2D eigenvalue weighted by molar-refractivity contribution is 9.10. The highest BCUT2D eigenvalue weighted by Crippen LogP contribution is 2.28. The summed E-state index contributed by atoms with van der Waals surface area (Å²) in [5.74, 6) is -2.68. The van der Waals surface area contributed by atoms with Crippen molar-refractivity contribution in [1.82, 2.24) is 4.90 Å². The van der Waals surface area contributed by atoms with E-state index in [1.807, 2.05) is 0 Å². The largest absolute Gasteiger partial charge is 0.444 e. The number of carbonyl (C=O) groups is 5. The molecule has 3 rings (SSSR count). The number of carbonyl (C=O) groups excluding carboxylic acids is 5. The summed E-state index contributed by atoms with van der Waals surface area (Å²) in [7, 11) is 0. The molecule has 0 fully saturated rings. The zero-order valence-electron chi connectivity index (χ0n) is 16.2. The maximum Gasteiger partial charge on any atom is 0.261 e. The molecule has 30 heavy (non-hydrogen) atoms. The van der Waals surface area contributed by atoms with Crippen molar-refractivity contribution in [2.75, 3.05) is 11.9 Å². The van der Waals surface area contributed by atoms with Gasteiger partial charge in [0.1, 0.15) is 11.3 Å². The Kier molecular flexibility index (Phi) is 5.88. The van der Waals surface area contributed by atoms with Gasteiger partial charge in [-0.2, -0.15) is 0 Å². The molecule has 156 valence electrons. The van der Waals surface area contributed by atoms with Gasteiger partial charge < -0.3 is 10.2 Å². The van der Waals surface area contributed by atoms with Crippen LogP contribution in [0.25, 0.3) is 0 Å². The van der Waals surface area contributed by atoms with Crippen LogP contribution in [0.15, 0.2) is 27.1 Å². The van der Waals surface area contributed by atoms with Crippen molar-refractivity contribution in [1.29, 1.82) is 0 Å². The number of benzene rings is 1. The number of halogens is 1. The van der Waals surface area contributed by atoms with Crippen LogP contribution < -0.4 is 11.1 Å². The highest BCUT2D eigenvalue weighted by atomic mass is 79.9. The summed E-state index contributed by atoms with van der Waals surface area (Å²) < 4.78 is 6.02. The van der Waals surface area contributed by atoms with Crippen molar-refractivity contribution in [3.8, 4) is 0 Å². The minimum Gasteiger partial charge on any atom is -0.444 e. The van der Waals surface area contributed by atoms with E-state index in [-0.39, 0.29) is 42.2 Å². The summed E-state index contributed by atoms with van der Waals surface area (Å²) in [6.07, 6.45) is 0.147. The number of nitrogens with one attached hydrogen (secondary N) is 1. The SMILES string of the molecule is CC(=O)c1c(C)oc(NC(=O)CCCN2C(=O)c3ccc(Br)cc3C2=O)c1C(N)=O. The van der Waals surface area contributed by atoms with Crippen LogP contribution >= 0.6 is 15.9 Å². The lowest BCUT2D eigenvalue weighted by atomic mass is 10.1. The molecule has 9 nitrogen and oxygen atoms in total. The van der Waals surface area contributed by atoms with E-state index in [9.17, 15) is 24.0 Å². The average Bonchev–Trinajstić information content (AvgIpc) is 3.10. The van der Waals surface area contributed by atoms with Gasteiger partial charge in [0.05, 0.1) is 16.7 Å². The van der Waals surface area contributed by atoms with E-state index in [0.29, 0.717) is 15.6 Å². The molecule has 10 heteroatoms. The van der Waals surface area contributed by atoms with Gasteiger partial charge in [-0.05, 0) is 38.5 Å². The molecule has 1 aromatic carbocycles. The Bertz CT molecular complexity index is 1100.